The van der Waals surface area contributed by atoms with E-state index in [0.29, 0.717) is 5.96 Å². The molecular weight excluding hydrogens is 439 g/mol. The topological polar surface area (TPSA) is 62.9 Å². The van der Waals surface area contributed by atoms with E-state index < -0.39 is 0 Å². The van der Waals surface area contributed by atoms with Gasteiger partial charge in [0.05, 0.1) is 6.54 Å². The van der Waals surface area contributed by atoms with Gasteiger partial charge in [0, 0.05) is 18.3 Å². The molecule has 140 valence electrons. The van der Waals surface area contributed by atoms with Crippen LogP contribution in [-0.4, -0.2) is 37.0 Å². The van der Waals surface area contributed by atoms with Gasteiger partial charge in [-0.3, -0.25) is 4.99 Å². The Labute approximate surface area is 172 Å². The molecule has 0 amide bonds. The Morgan fingerprint density at radius 3 is 2.50 bits per heavy atom. The molecule has 2 aromatic rings. The Hall–Kier alpha value is -1.80. The number of nitrogens with one attached hydrogen (secondary N) is 1. The van der Waals surface area contributed by atoms with Gasteiger partial charge in [0.1, 0.15) is 11.5 Å². The van der Waals surface area contributed by atoms with Crippen molar-refractivity contribution >= 4 is 35.6 Å². The van der Waals surface area contributed by atoms with Gasteiger partial charge in [0.15, 0.2) is 5.96 Å². The molecule has 0 atom stereocenters. The number of anilines is 1. The average Bonchev–Trinajstić information content (AvgIpc) is 2.64. The van der Waals surface area contributed by atoms with Gasteiger partial charge in [-0.25, -0.2) is 0 Å². The first-order valence-electron chi connectivity index (χ1n) is 8.92. The second-order valence-corrected chi connectivity index (χ2v) is 6.24. The van der Waals surface area contributed by atoms with Gasteiger partial charge in [-0.15, -0.1) is 24.0 Å². The molecule has 0 spiro atoms. The minimum Gasteiger partial charge on any atom is -0.457 e. The first-order chi connectivity index (χ1) is 12.3. The number of rotatable bonds is 6. The number of nitrogens with zero attached hydrogens (tertiary/aromatic N) is 2. The molecule has 0 radical (unpaired) electrons. The number of ether oxygens (including phenoxy) is 1. The highest BCUT2D eigenvalue weighted by molar-refractivity contribution is 14.0. The van der Waals surface area contributed by atoms with Crippen molar-refractivity contribution in [3.05, 3.63) is 54.6 Å². The molecule has 0 unspecified atom stereocenters. The highest BCUT2D eigenvalue weighted by Crippen LogP contribution is 2.23. The highest BCUT2D eigenvalue weighted by Gasteiger charge is 2.08. The van der Waals surface area contributed by atoms with Crippen LogP contribution in [0.2, 0.25) is 0 Å². The molecule has 3 rings (SSSR count). The third-order valence-corrected chi connectivity index (χ3v) is 4.23. The third kappa shape index (κ3) is 6.84. The van der Waals surface area contributed by atoms with E-state index in [4.69, 9.17) is 10.5 Å². The third-order valence-electron chi connectivity index (χ3n) is 4.23. The lowest BCUT2D eigenvalue weighted by Crippen LogP contribution is -2.32. The van der Waals surface area contributed by atoms with Gasteiger partial charge in [-0.05, 0) is 50.2 Å². The molecule has 6 heteroatoms. The number of hydrogen-bond acceptors (Lipinski definition) is 3. The maximum Gasteiger partial charge on any atom is 0.193 e. The minimum absolute atomic E-state index is 0. The van der Waals surface area contributed by atoms with E-state index in [0.717, 1.165) is 30.3 Å². The molecule has 0 aliphatic carbocycles. The molecular formula is C20H27IN4O. The molecule has 3 N–H and O–H groups in total. The number of guanidine groups is 1. The largest absolute Gasteiger partial charge is 0.457 e. The number of para-hydroxylation sites is 1. The fourth-order valence-corrected chi connectivity index (χ4v) is 2.94. The van der Waals surface area contributed by atoms with E-state index in [2.05, 4.69) is 15.2 Å². The van der Waals surface area contributed by atoms with Crippen LogP contribution in [0.1, 0.15) is 19.3 Å². The van der Waals surface area contributed by atoms with E-state index in [1.807, 2.05) is 54.6 Å². The predicted octanol–water partition coefficient (Wildman–Crippen LogP) is 4.31. The van der Waals surface area contributed by atoms with E-state index in [1.54, 1.807) is 0 Å². The fraction of sp³-hybridized carbons (Fsp3) is 0.350. The van der Waals surface area contributed by atoms with Gasteiger partial charge in [0.2, 0.25) is 0 Å². The normalized spacial score (nSPS) is 15.2. The van der Waals surface area contributed by atoms with Crippen LogP contribution in [0.25, 0.3) is 0 Å². The van der Waals surface area contributed by atoms with E-state index in [1.165, 1.54) is 32.4 Å². The summed E-state index contributed by atoms with van der Waals surface area (Å²) in [7, 11) is 0. The molecule has 2 aromatic carbocycles. The molecule has 1 aliphatic heterocycles. The quantitative estimate of drug-likeness (QED) is 0.379. The zero-order chi connectivity index (χ0) is 17.3. The summed E-state index contributed by atoms with van der Waals surface area (Å²) in [6, 6.07) is 17.4. The smallest absolute Gasteiger partial charge is 0.193 e. The van der Waals surface area contributed by atoms with Crippen molar-refractivity contribution in [3.63, 3.8) is 0 Å². The van der Waals surface area contributed by atoms with Crippen LogP contribution in [-0.2, 0) is 0 Å². The Kier molecular flexibility index (Phi) is 8.70. The van der Waals surface area contributed by atoms with Crippen molar-refractivity contribution in [1.29, 1.82) is 0 Å². The Balaban J connectivity index is 0.00000243. The lowest BCUT2D eigenvalue weighted by molar-refractivity contribution is 0.235. The summed E-state index contributed by atoms with van der Waals surface area (Å²) in [5.74, 6) is 2.01. The summed E-state index contributed by atoms with van der Waals surface area (Å²) in [6.45, 7) is 4.06. The first-order valence-corrected chi connectivity index (χ1v) is 8.92. The number of nitrogens with two attached hydrogens (primary N) is 1. The second-order valence-electron chi connectivity index (χ2n) is 6.24. The molecule has 1 saturated heterocycles. The standard InChI is InChI=1S/C20H26N4O.HI/c21-20(22-12-15-24-13-5-2-6-14-24)23-17-8-7-11-19(16-17)25-18-9-3-1-4-10-18;/h1,3-4,7-11,16H,2,5-6,12-15H2,(H3,21,22,23);1H. The zero-order valence-corrected chi connectivity index (χ0v) is 17.3. The van der Waals surface area contributed by atoms with Crippen molar-refractivity contribution < 1.29 is 4.74 Å². The van der Waals surface area contributed by atoms with Crippen molar-refractivity contribution in [1.82, 2.24) is 4.90 Å². The summed E-state index contributed by atoms with van der Waals surface area (Å²) in [5.41, 5.74) is 6.87. The van der Waals surface area contributed by atoms with Crippen molar-refractivity contribution in [3.8, 4) is 11.5 Å². The van der Waals surface area contributed by atoms with Crippen LogP contribution < -0.4 is 15.8 Å². The van der Waals surface area contributed by atoms with Crippen LogP contribution in [0.15, 0.2) is 59.6 Å². The molecule has 0 aromatic heterocycles. The number of aliphatic imine (C=N–C) groups is 1. The van der Waals surface area contributed by atoms with E-state index in [9.17, 15) is 0 Å². The van der Waals surface area contributed by atoms with Gasteiger partial charge in [-0.2, -0.15) is 0 Å². The molecule has 0 bridgehead atoms. The van der Waals surface area contributed by atoms with Crippen LogP contribution in [0.4, 0.5) is 5.69 Å². The maximum absolute atomic E-state index is 6.00. The number of benzene rings is 2. The van der Waals surface area contributed by atoms with Gasteiger partial charge in [0.25, 0.3) is 0 Å². The zero-order valence-electron chi connectivity index (χ0n) is 14.9. The summed E-state index contributed by atoms with van der Waals surface area (Å²) >= 11 is 0. The van der Waals surface area contributed by atoms with E-state index in [-0.39, 0.29) is 24.0 Å². The van der Waals surface area contributed by atoms with Crippen LogP contribution in [0.3, 0.4) is 0 Å². The SMILES string of the molecule is I.NC(=NCCN1CCCCC1)Nc1cccc(Oc2ccccc2)c1. The lowest BCUT2D eigenvalue weighted by Gasteiger charge is -2.25. The van der Waals surface area contributed by atoms with Crippen molar-refractivity contribution in [2.45, 2.75) is 19.3 Å². The average molecular weight is 466 g/mol. The van der Waals surface area contributed by atoms with Crippen LogP contribution in [0, 0.1) is 0 Å². The Morgan fingerprint density at radius 1 is 1.00 bits per heavy atom. The summed E-state index contributed by atoms with van der Waals surface area (Å²) in [5, 5.41) is 3.14. The fourth-order valence-electron chi connectivity index (χ4n) is 2.94. The summed E-state index contributed by atoms with van der Waals surface area (Å²) in [4.78, 5) is 6.88. The number of hydrogen-bond donors (Lipinski definition) is 2. The lowest BCUT2D eigenvalue weighted by atomic mass is 10.1. The highest BCUT2D eigenvalue weighted by atomic mass is 127. The molecule has 1 aliphatic rings. The summed E-state index contributed by atoms with van der Waals surface area (Å²) in [6.07, 6.45) is 3.95. The Morgan fingerprint density at radius 2 is 1.73 bits per heavy atom. The molecule has 1 heterocycles. The molecule has 26 heavy (non-hydrogen) atoms. The molecule has 1 fully saturated rings. The van der Waals surface area contributed by atoms with Crippen molar-refractivity contribution in [2.75, 3.05) is 31.5 Å². The van der Waals surface area contributed by atoms with Crippen LogP contribution in [0.5, 0.6) is 11.5 Å². The van der Waals surface area contributed by atoms with E-state index >= 15 is 0 Å². The van der Waals surface area contributed by atoms with Crippen LogP contribution >= 0.6 is 24.0 Å². The van der Waals surface area contributed by atoms with Gasteiger partial charge < -0.3 is 20.7 Å². The minimum atomic E-state index is 0. The number of likely N-dealkylation sites (tertiary alicyclic amines) is 1. The Bertz CT molecular complexity index is 687. The predicted molar refractivity (Wildman–Crippen MR) is 119 cm³/mol. The summed E-state index contributed by atoms with van der Waals surface area (Å²) < 4.78 is 5.83. The van der Waals surface area contributed by atoms with Gasteiger partial charge >= 0.3 is 0 Å². The first kappa shape index (κ1) is 20.5. The maximum atomic E-state index is 6.00. The van der Waals surface area contributed by atoms with Gasteiger partial charge in [-0.1, -0.05) is 30.7 Å². The number of halogens is 1. The monoisotopic (exact) mass is 466 g/mol. The molecule has 5 nitrogen and oxygen atoms in total. The molecule has 0 saturated carbocycles. The van der Waals surface area contributed by atoms with Crippen molar-refractivity contribution in [2.24, 2.45) is 10.7 Å². The second kappa shape index (κ2) is 11.0. The number of piperidine rings is 1.